The van der Waals surface area contributed by atoms with Crippen molar-refractivity contribution in [3.05, 3.63) is 36.0 Å². The van der Waals surface area contributed by atoms with Gasteiger partial charge < -0.3 is 20.5 Å². The van der Waals surface area contributed by atoms with Gasteiger partial charge in [-0.3, -0.25) is 4.79 Å². The van der Waals surface area contributed by atoms with E-state index in [1.165, 1.54) is 6.92 Å². The maximum Gasteiger partial charge on any atom is 0.328 e. The molecule has 6 heteroatoms. The number of carbonyl (C=O) groups is 2. The minimum atomic E-state index is -1.30. The molecule has 2 atom stereocenters. The Morgan fingerprint density at radius 2 is 2.05 bits per heavy atom. The topological polar surface area (TPSA) is 102 Å². The number of rotatable bonds is 5. The molecule has 0 radical (unpaired) electrons. The van der Waals surface area contributed by atoms with Crippen molar-refractivity contribution in [2.75, 3.05) is 0 Å². The smallest absolute Gasteiger partial charge is 0.328 e. The predicted octanol–water partition coefficient (Wildman–Crippen LogP) is 0.661. The van der Waals surface area contributed by atoms with Crippen molar-refractivity contribution in [3.63, 3.8) is 0 Å². The summed E-state index contributed by atoms with van der Waals surface area (Å²) in [7, 11) is 0. The Kier molecular flexibility index (Phi) is 4.05. The van der Waals surface area contributed by atoms with Crippen molar-refractivity contribution in [1.29, 1.82) is 0 Å². The highest BCUT2D eigenvalue weighted by Crippen LogP contribution is 2.18. The molecule has 0 unspecified atom stereocenters. The first-order valence-electron chi connectivity index (χ1n) is 6.24. The Balaban J connectivity index is 2.10. The monoisotopic (exact) mass is 276 g/mol. The molecule has 0 spiro atoms. The van der Waals surface area contributed by atoms with Gasteiger partial charge in [-0.15, -0.1) is 0 Å². The summed E-state index contributed by atoms with van der Waals surface area (Å²) in [5.74, 6) is -1.70. The van der Waals surface area contributed by atoms with Crippen molar-refractivity contribution in [2.24, 2.45) is 0 Å². The zero-order valence-electron chi connectivity index (χ0n) is 11.0. The normalized spacial score (nSPS) is 13.9. The van der Waals surface area contributed by atoms with Gasteiger partial charge in [-0.1, -0.05) is 18.2 Å². The number of aromatic amines is 1. The second-order valence-corrected chi connectivity index (χ2v) is 4.66. The van der Waals surface area contributed by atoms with Crippen molar-refractivity contribution in [3.8, 4) is 0 Å². The van der Waals surface area contributed by atoms with E-state index in [1.54, 1.807) is 6.20 Å². The lowest BCUT2D eigenvalue weighted by molar-refractivity contribution is -0.144. The van der Waals surface area contributed by atoms with Crippen LogP contribution < -0.4 is 5.32 Å². The highest BCUT2D eigenvalue weighted by molar-refractivity contribution is 5.90. The molecule has 2 rings (SSSR count). The molecule has 0 saturated carbocycles. The van der Waals surface area contributed by atoms with Crippen molar-refractivity contribution in [1.82, 2.24) is 10.3 Å². The fourth-order valence-electron chi connectivity index (χ4n) is 2.06. The number of aliphatic carboxylic acids is 1. The van der Waals surface area contributed by atoms with Crippen LogP contribution in [0.1, 0.15) is 12.5 Å². The van der Waals surface area contributed by atoms with Crippen LogP contribution in [0.4, 0.5) is 0 Å². The average Bonchev–Trinajstić information content (AvgIpc) is 2.79. The highest BCUT2D eigenvalue weighted by atomic mass is 16.4. The van der Waals surface area contributed by atoms with Gasteiger partial charge in [0.05, 0.1) is 12.5 Å². The maximum atomic E-state index is 11.9. The van der Waals surface area contributed by atoms with Gasteiger partial charge in [-0.05, 0) is 18.6 Å². The molecule has 4 N–H and O–H groups in total. The summed E-state index contributed by atoms with van der Waals surface area (Å²) >= 11 is 0. The third-order valence-corrected chi connectivity index (χ3v) is 3.09. The first-order valence-corrected chi connectivity index (χ1v) is 6.24. The van der Waals surface area contributed by atoms with Crippen LogP contribution in [0, 0.1) is 0 Å². The Morgan fingerprint density at radius 1 is 1.35 bits per heavy atom. The van der Waals surface area contributed by atoms with Gasteiger partial charge in [0.2, 0.25) is 5.91 Å². The lowest BCUT2D eigenvalue weighted by Gasteiger charge is -2.16. The molecule has 2 aromatic rings. The number of nitrogens with one attached hydrogen (secondary N) is 2. The third-order valence-electron chi connectivity index (χ3n) is 3.09. The van der Waals surface area contributed by atoms with Gasteiger partial charge >= 0.3 is 5.97 Å². The van der Waals surface area contributed by atoms with Crippen LogP contribution in [-0.4, -0.2) is 39.2 Å². The molecule has 106 valence electrons. The van der Waals surface area contributed by atoms with Gasteiger partial charge in [0.15, 0.2) is 6.04 Å². The number of aliphatic hydroxyl groups is 1. The summed E-state index contributed by atoms with van der Waals surface area (Å²) in [5.41, 5.74) is 1.70. The molecule has 0 aliphatic heterocycles. The summed E-state index contributed by atoms with van der Waals surface area (Å²) < 4.78 is 0. The lowest BCUT2D eigenvalue weighted by Crippen LogP contribution is -2.48. The number of carboxylic acid groups (broad SMARTS) is 1. The molecule has 0 aliphatic rings. The number of aromatic nitrogens is 1. The fourth-order valence-corrected chi connectivity index (χ4v) is 2.06. The maximum absolute atomic E-state index is 11.9. The molecule has 1 aromatic heterocycles. The standard InChI is InChI=1S/C14H16N2O4/c1-8(17)13(14(19)20)16-12(18)6-9-7-15-11-5-3-2-4-10(9)11/h2-5,7-8,13,15,17H,6H2,1H3,(H,16,18)(H,19,20)/t8-,13-/m0/s1. The summed E-state index contributed by atoms with van der Waals surface area (Å²) in [6.07, 6.45) is 0.627. The number of benzene rings is 1. The summed E-state index contributed by atoms with van der Waals surface area (Å²) in [6, 6.07) is 6.24. The molecule has 0 saturated heterocycles. The Bertz CT molecular complexity index is 633. The Labute approximate surface area is 115 Å². The van der Waals surface area contributed by atoms with Gasteiger partial charge in [-0.25, -0.2) is 4.79 Å². The number of fused-ring (bicyclic) bond motifs is 1. The summed E-state index contributed by atoms with van der Waals surface area (Å²) in [6.45, 7) is 1.32. The van der Waals surface area contributed by atoms with E-state index in [0.717, 1.165) is 16.5 Å². The van der Waals surface area contributed by atoms with E-state index in [2.05, 4.69) is 10.3 Å². The van der Waals surface area contributed by atoms with Crippen molar-refractivity contribution >= 4 is 22.8 Å². The van der Waals surface area contributed by atoms with E-state index in [-0.39, 0.29) is 6.42 Å². The summed E-state index contributed by atoms with van der Waals surface area (Å²) in [5, 5.41) is 21.5. The highest BCUT2D eigenvalue weighted by Gasteiger charge is 2.25. The van der Waals surface area contributed by atoms with Crippen LogP contribution in [0.5, 0.6) is 0 Å². The largest absolute Gasteiger partial charge is 0.480 e. The first kappa shape index (κ1) is 14.1. The van der Waals surface area contributed by atoms with Crippen LogP contribution >= 0.6 is 0 Å². The average molecular weight is 276 g/mol. The molecule has 0 aliphatic carbocycles. The minimum absolute atomic E-state index is 0.0561. The lowest BCUT2D eigenvalue weighted by atomic mass is 10.1. The zero-order valence-corrected chi connectivity index (χ0v) is 11.0. The second-order valence-electron chi connectivity index (χ2n) is 4.66. The number of hydrogen-bond acceptors (Lipinski definition) is 3. The number of carbonyl (C=O) groups excluding carboxylic acids is 1. The van der Waals surface area contributed by atoms with Crippen molar-refractivity contribution in [2.45, 2.75) is 25.5 Å². The van der Waals surface area contributed by atoms with Crippen LogP contribution in [-0.2, 0) is 16.0 Å². The molecular formula is C14H16N2O4. The number of carboxylic acids is 1. The van der Waals surface area contributed by atoms with E-state index in [0.29, 0.717) is 0 Å². The quantitative estimate of drug-likeness (QED) is 0.644. The van der Waals surface area contributed by atoms with E-state index < -0.39 is 24.0 Å². The summed E-state index contributed by atoms with van der Waals surface area (Å²) in [4.78, 5) is 25.8. The predicted molar refractivity (Wildman–Crippen MR) is 73.3 cm³/mol. The van der Waals surface area contributed by atoms with Gasteiger partial charge in [0, 0.05) is 17.1 Å². The number of aliphatic hydroxyl groups excluding tert-OH is 1. The van der Waals surface area contributed by atoms with Crippen LogP contribution in [0.2, 0.25) is 0 Å². The Hall–Kier alpha value is -2.34. The molecule has 1 heterocycles. The molecule has 0 bridgehead atoms. The molecule has 6 nitrogen and oxygen atoms in total. The second kappa shape index (κ2) is 5.75. The zero-order chi connectivity index (χ0) is 14.7. The van der Waals surface area contributed by atoms with Gasteiger partial charge in [-0.2, -0.15) is 0 Å². The van der Waals surface area contributed by atoms with E-state index in [9.17, 15) is 14.7 Å². The fraction of sp³-hybridized carbons (Fsp3) is 0.286. The van der Waals surface area contributed by atoms with Crippen LogP contribution in [0.15, 0.2) is 30.5 Å². The first-order chi connectivity index (χ1) is 9.49. The molecule has 1 amide bonds. The minimum Gasteiger partial charge on any atom is -0.480 e. The van der Waals surface area contributed by atoms with Crippen molar-refractivity contribution < 1.29 is 19.8 Å². The van der Waals surface area contributed by atoms with Gasteiger partial charge in [0.25, 0.3) is 0 Å². The van der Waals surface area contributed by atoms with E-state index in [1.807, 2.05) is 24.3 Å². The Morgan fingerprint density at radius 3 is 2.70 bits per heavy atom. The van der Waals surface area contributed by atoms with E-state index >= 15 is 0 Å². The molecule has 1 aromatic carbocycles. The van der Waals surface area contributed by atoms with Crippen LogP contribution in [0.3, 0.4) is 0 Å². The third kappa shape index (κ3) is 2.97. The van der Waals surface area contributed by atoms with E-state index in [4.69, 9.17) is 5.11 Å². The SMILES string of the molecule is C[C@H](O)[C@H](NC(=O)Cc1c[nH]c2ccccc12)C(=O)O. The number of H-pyrrole nitrogens is 1. The number of para-hydroxylation sites is 1. The number of hydrogen-bond donors (Lipinski definition) is 4. The van der Waals surface area contributed by atoms with Gasteiger partial charge in [0.1, 0.15) is 0 Å². The molecular weight excluding hydrogens is 260 g/mol. The molecule has 0 fully saturated rings. The van der Waals surface area contributed by atoms with Crippen LogP contribution in [0.25, 0.3) is 10.9 Å². The number of amides is 1. The molecule has 20 heavy (non-hydrogen) atoms.